The zero-order chi connectivity index (χ0) is 62.3. The Labute approximate surface area is 524 Å². The summed E-state index contributed by atoms with van der Waals surface area (Å²) >= 11 is 0. The molecule has 0 unspecified atom stereocenters. The van der Waals surface area contributed by atoms with Gasteiger partial charge in [-0.2, -0.15) is 12.1 Å². The van der Waals surface area contributed by atoms with Gasteiger partial charge in [-0.1, -0.05) is 244 Å². The number of hydrogen-bond acceptors (Lipinski definition) is 4. The van der Waals surface area contributed by atoms with Crippen LogP contribution in [0.5, 0.6) is 11.5 Å². The molecule has 5 nitrogen and oxygen atoms in total. The van der Waals surface area contributed by atoms with Crippen molar-refractivity contribution in [3.8, 4) is 39.6 Å². The molecular formula is C78H69N4OPtSi-3. The van der Waals surface area contributed by atoms with E-state index in [0.29, 0.717) is 22.9 Å². The van der Waals surface area contributed by atoms with Crippen LogP contribution in [0, 0.1) is 18.8 Å². The molecule has 0 radical (unpaired) electrons. The molecule has 0 N–H and O–H groups in total. The number of rotatable bonds is 11. The minimum Gasteiger partial charge on any atom is -0.509 e. The van der Waals surface area contributed by atoms with E-state index in [1.807, 2.05) is 30.3 Å². The van der Waals surface area contributed by atoms with Gasteiger partial charge in [0, 0.05) is 66.9 Å². The molecule has 0 saturated heterocycles. The van der Waals surface area contributed by atoms with Crippen LogP contribution in [-0.4, -0.2) is 17.6 Å². The SMILES string of the molecule is [2H]c1c([2H])c([2H])c(-c2cnc(-n3c4[c-]c(Oc5[c-]c(N6[CH-]N(c7cc(C(C)(C)C)cc(C(C)(C)C)c7)c7cc(-c8ccccc8)ccc76)ccc5)ccc4c4cc([Si](c5ccccc5)(c5ccccc5)c5ccccc5)ccc43)cc2C(C)(C)C)c([2H])c1[2H].[Pt]. The Morgan fingerprint density at radius 1 is 0.482 bits per heavy atom. The summed E-state index contributed by atoms with van der Waals surface area (Å²) in [5, 5.41) is 6.89. The fourth-order valence-corrected chi connectivity index (χ4v) is 16.8. The fraction of sp³-hybridized carbons (Fsp3) is 0.154. The van der Waals surface area contributed by atoms with Gasteiger partial charge in [-0.3, -0.25) is 0 Å². The summed E-state index contributed by atoms with van der Waals surface area (Å²) in [7, 11) is -2.99. The molecule has 2 aromatic heterocycles. The van der Waals surface area contributed by atoms with E-state index in [4.69, 9.17) is 16.6 Å². The van der Waals surface area contributed by atoms with Gasteiger partial charge in [0.05, 0.1) is 6.85 Å². The van der Waals surface area contributed by atoms with Crippen molar-refractivity contribution in [3.05, 3.63) is 284 Å². The topological polar surface area (TPSA) is 33.5 Å². The van der Waals surface area contributed by atoms with Crippen LogP contribution in [0.25, 0.3) is 49.9 Å². The molecule has 1 aliphatic heterocycles. The van der Waals surface area contributed by atoms with Crippen molar-refractivity contribution < 1.29 is 32.7 Å². The average Bonchev–Trinajstić information content (AvgIpc) is 1.37. The maximum absolute atomic E-state index is 9.05. The van der Waals surface area contributed by atoms with Crippen molar-refractivity contribution in [1.29, 1.82) is 0 Å². The van der Waals surface area contributed by atoms with Crippen LogP contribution in [0.1, 0.15) is 85.9 Å². The van der Waals surface area contributed by atoms with Crippen LogP contribution in [0.4, 0.5) is 22.7 Å². The molecular weight excluding hydrogens is 1230 g/mol. The third-order valence-electron chi connectivity index (χ3n) is 16.4. The molecule has 0 fully saturated rings. The molecule has 10 aromatic carbocycles. The first-order chi connectivity index (χ1) is 42.6. The monoisotopic (exact) mass is 1310 g/mol. The number of benzene rings is 10. The molecule has 0 saturated carbocycles. The Kier molecular flexibility index (Phi) is 13.5. The smallest absolute Gasteiger partial charge is 0.179 e. The maximum atomic E-state index is 9.05. The van der Waals surface area contributed by atoms with Crippen LogP contribution in [0.3, 0.4) is 0 Å². The van der Waals surface area contributed by atoms with Crippen molar-refractivity contribution in [2.45, 2.75) is 78.6 Å². The van der Waals surface area contributed by atoms with Crippen molar-refractivity contribution in [2.24, 2.45) is 0 Å². The van der Waals surface area contributed by atoms with Crippen molar-refractivity contribution in [3.63, 3.8) is 0 Å². The molecule has 13 rings (SSSR count). The molecule has 0 aliphatic carbocycles. The molecule has 7 heteroatoms. The van der Waals surface area contributed by atoms with Crippen LogP contribution in [-0.2, 0) is 37.3 Å². The van der Waals surface area contributed by atoms with Gasteiger partial charge in [-0.15, -0.1) is 48.1 Å². The number of nitrogens with zero attached hydrogens (tertiary/aromatic N) is 4. The Morgan fingerprint density at radius 3 is 1.68 bits per heavy atom. The molecule has 0 atom stereocenters. The molecule has 12 aromatic rings. The molecule has 0 spiro atoms. The predicted octanol–water partition coefficient (Wildman–Crippen LogP) is 17.6. The van der Waals surface area contributed by atoms with E-state index in [9.17, 15) is 0 Å². The largest absolute Gasteiger partial charge is 0.509 e. The van der Waals surface area contributed by atoms with Gasteiger partial charge in [-0.05, 0) is 112 Å². The quantitative estimate of drug-likeness (QED) is 0.0734. The molecule has 0 amide bonds. The van der Waals surface area contributed by atoms with Gasteiger partial charge in [0.25, 0.3) is 0 Å². The summed E-state index contributed by atoms with van der Waals surface area (Å²) in [6, 6.07) is 81.4. The normalized spacial score (nSPS) is 13.6. The minimum absolute atomic E-state index is 0. The zero-order valence-electron chi connectivity index (χ0n) is 54.4. The first-order valence-corrected chi connectivity index (χ1v) is 30.8. The van der Waals surface area contributed by atoms with Gasteiger partial charge in [-0.25, -0.2) is 4.98 Å². The van der Waals surface area contributed by atoms with Crippen molar-refractivity contribution in [1.82, 2.24) is 9.55 Å². The Bertz CT molecular complexity index is 4540. The third-order valence-corrected chi connectivity index (χ3v) is 21.2. The number of aromatic nitrogens is 2. The van der Waals surface area contributed by atoms with Crippen molar-refractivity contribution >= 4 is 73.4 Å². The Balaban J connectivity index is 0.00000785. The summed E-state index contributed by atoms with van der Waals surface area (Å²) in [6.07, 6.45) is 1.66. The second kappa shape index (κ2) is 22.5. The zero-order valence-corrected chi connectivity index (χ0v) is 52.6. The number of ether oxygens (including phenoxy) is 1. The average molecular weight is 1310 g/mol. The molecule has 424 valence electrons. The van der Waals surface area contributed by atoms with Crippen LogP contribution >= 0.6 is 0 Å². The minimum atomic E-state index is -2.99. The Morgan fingerprint density at radius 2 is 1.08 bits per heavy atom. The van der Waals surface area contributed by atoms with E-state index in [1.54, 1.807) is 6.20 Å². The van der Waals surface area contributed by atoms with E-state index in [2.05, 4.69) is 277 Å². The van der Waals surface area contributed by atoms with E-state index < -0.39 is 31.6 Å². The molecule has 85 heavy (non-hydrogen) atoms. The van der Waals surface area contributed by atoms with Crippen LogP contribution in [0.15, 0.2) is 249 Å². The summed E-state index contributed by atoms with van der Waals surface area (Å²) in [6.45, 7) is 22.0. The van der Waals surface area contributed by atoms with Gasteiger partial charge in [0.1, 0.15) is 5.82 Å². The molecule has 0 bridgehead atoms. The van der Waals surface area contributed by atoms with Gasteiger partial charge >= 0.3 is 0 Å². The molecule has 3 heterocycles. The first-order valence-electron chi connectivity index (χ1n) is 31.3. The second-order valence-corrected chi connectivity index (χ2v) is 28.8. The van der Waals surface area contributed by atoms with E-state index in [0.717, 1.165) is 61.2 Å². The predicted molar refractivity (Wildman–Crippen MR) is 355 cm³/mol. The summed E-state index contributed by atoms with van der Waals surface area (Å²) in [5.74, 6) is 1.55. The number of anilines is 4. The Hall–Kier alpha value is -8.54. The van der Waals surface area contributed by atoms with Gasteiger partial charge in [0.2, 0.25) is 0 Å². The molecule has 1 aliphatic rings. The number of fused-ring (bicyclic) bond motifs is 4. The number of hydrogen-bond donors (Lipinski definition) is 0. The standard InChI is InChI=1S/C78H69N4OSi.Pt/c1-76(2,3)57-45-58(77(4,5)6)47-60(46-57)81-53-80(72-42-38-56(44-74(72)81)54-26-15-10-16-27-54)59-30-25-31-61(48-59)83-62-39-41-67-68-50-66(84(63-32-19-12-20-33-63,64-34-21-13-22-35-64)65-36-23-14-24-37-65)40-43-71(68)82(73(67)49-62)75-51-70(78(7,8)9)69(52-79-75)55-28-17-11-18-29-55;/h10-47,50-53H,1-9H3;/q-3;/i11D,17D,18D,28D,29D;. The third kappa shape index (κ3) is 10.7. The second-order valence-electron chi connectivity index (χ2n) is 25.0. The van der Waals surface area contributed by atoms with Crippen LogP contribution < -0.4 is 35.3 Å². The first kappa shape index (κ1) is 50.9. The van der Waals surface area contributed by atoms with E-state index in [-0.39, 0.29) is 49.5 Å². The summed E-state index contributed by atoms with van der Waals surface area (Å²) < 4.78 is 52.8. The van der Waals surface area contributed by atoms with E-state index in [1.165, 1.54) is 31.9 Å². The summed E-state index contributed by atoms with van der Waals surface area (Å²) in [5.41, 5.74) is 10.9. The van der Waals surface area contributed by atoms with E-state index >= 15 is 0 Å². The maximum Gasteiger partial charge on any atom is 0.179 e. The summed E-state index contributed by atoms with van der Waals surface area (Å²) in [4.78, 5) is 9.67. The van der Waals surface area contributed by atoms with Crippen LogP contribution in [0.2, 0.25) is 0 Å². The van der Waals surface area contributed by atoms with Gasteiger partial charge < -0.3 is 19.1 Å². The van der Waals surface area contributed by atoms with Crippen molar-refractivity contribution in [2.75, 3.05) is 9.80 Å². The van der Waals surface area contributed by atoms with Gasteiger partial charge in [0.15, 0.2) is 8.07 Å². The number of pyridine rings is 1. The fourth-order valence-electron chi connectivity index (χ4n) is 12.0.